The van der Waals surface area contributed by atoms with Crippen LogP contribution in [0.5, 0.6) is 0 Å². The van der Waals surface area contributed by atoms with E-state index in [9.17, 15) is 22.8 Å². The van der Waals surface area contributed by atoms with E-state index in [1.807, 2.05) is 0 Å². The molecule has 5 nitrogen and oxygen atoms in total. The van der Waals surface area contributed by atoms with Gasteiger partial charge in [-0.3, -0.25) is 9.59 Å². The number of halogens is 3. The molecule has 9 heteroatoms. The SMILES string of the molecule is CC1C(C(=O)O)CCN1C(=O)c1csc(C(F)(F)F)n1. The quantitative estimate of drug-likeness (QED) is 0.908. The van der Waals surface area contributed by atoms with E-state index in [0.717, 1.165) is 5.38 Å². The number of carbonyl (C=O) groups is 2. The molecule has 0 bridgehead atoms. The third kappa shape index (κ3) is 2.62. The zero-order valence-electron chi connectivity index (χ0n) is 10.3. The Hall–Kier alpha value is -1.64. The van der Waals surface area contributed by atoms with Gasteiger partial charge in [0.05, 0.1) is 5.92 Å². The second kappa shape index (κ2) is 5.04. The van der Waals surface area contributed by atoms with Gasteiger partial charge < -0.3 is 10.0 Å². The van der Waals surface area contributed by atoms with Gasteiger partial charge in [0.25, 0.3) is 5.91 Å². The van der Waals surface area contributed by atoms with Gasteiger partial charge in [-0.05, 0) is 13.3 Å². The van der Waals surface area contributed by atoms with Crippen LogP contribution in [0.25, 0.3) is 0 Å². The van der Waals surface area contributed by atoms with Crippen molar-refractivity contribution < 1.29 is 27.9 Å². The van der Waals surface area contributed by atoms with Gasteiger partial charge in [-0.1, -0.05) is 0 Å². The lowest BCUT2D eigenvalue weighted by molar-refractivity contribution is -0.142. The molecule has 0 spiro atoms. The summed E-state index contributed by atoms with van der Waals surface area (Å²) < 4.78 is 37.3. The molecule has 1 aromatic heterocycles. The number of carboxylic acids is 1. The Balaban J connectivity index is 2.17. The Bertz CT molecular complexity index is 543. The van der Waals surface area contributed by atoms with Crippen molar-refractivity contribution >= 4 is 23.2 Å². The fourth-order valence-corrected chi connectivity index (χ4v) is 2.87. The maximum Gasteiger partial charge on any atom is 0.443 e. The molecule has 0 aliphatic carbocycles. The predicted octanol–water partition coefficient (Wildman–Crippen LogP) is 2.10. The van der Waals surface area contributed by atoms with Gasteiger partial charge in [0, 0.05) is 18.0 Å². The van der Waals surface area contributed by atoms with Crippen molar-refractivity contribution in [2.75, 3.05) is 6.54 Å². The molecule has 1 N–H and O–H groups in total. The molecule has 2 unspecified atom stereocenters. The highest BCUT2D eigenvalue weighted by Gasteiger charge is 2.40. The highest BCUT2D eigenvalue weighted by Crippen LogP contribution is 2.33. The van der Waals surface area contributed by atoms with Crippen LogP contribution in [0.1, 0.15) is 28.8 Å². The molecule has 0 saturated carbocycles. The Kier molecular flexibility index (Phi) is 3.72. The van der Waals surface area contributed by atoms with Gasteiger partial charge in [0.15, 0.2) is 5.01 Å². The van der Waals surface area contributed by atoms with Crippen molar-refractivity contribution in [2.45, 2.75) is 25.6 Å². The normalized spacial score (nSPS) is 23.1. The van der Waals surface area contributed by atoms with Crippen molar-refractivity contribution in [1.82, 2.24) is 9.88 Å². The molecule has 2 rings (SSSR count). The van der Waals surface area contributed by atoms with Crippen LogP contribution in [0.4, 0.5) is 13.2 Å². The van der Waals surface area contributed by atoms with E-state index in [0.29, 0.717) is 17.8 Å². The van der Waals surface area contributed by atoms with Gasteiger partial charge in [-0.15, -0.1) is 11.3 Å². The summed E-state index contributed by atoms with van der Waals surface area (Å²) in [7, 11) is 0. The van der Waals surface area contributed by atoms with E-state index in [2.05, 4.69) is 4.98 Å². The lowest BCUT2D eigenvalue weighted by Crippen LogP contribution is -2.37. The highest BCUT2D eigenvalue weighted by atomic mass is 32.1. The molecule has 0 aromatic carbocycles. The van der Waals surface area contributed by atoms with Gasteiger partial charge in [-0.25, -0.2) is 4.98 Å². The average molecular weight is 308 g/mol. The second-order valence-corrected chi connectivity index (χ2v) is 5.37. The third-order valence-corrected chi connectivity index (χ3v) is 4.19. The van der Waals surface area contributed by atoms with Gasteiger partial charge in [-0.2, -0.15) is 13.2 Å². The largest absolute Gasteiger partial charge is 0.481 e. The molecule has 1 aromatic rings. The summed E-state index contributed by atoms with van der Waals surface area (Å²) in [4.78, 5) is 27.6. The van der Waals surface area contributed by atoms with Crippen LogP contribution in [0.2, 0.25) is 0 Å². The van der Waals surface area contributed by atoms with Crippen LogP contribution >= 0.6 is 11.3 Å². The average Bonchev–Trinajstić information content (AvgIpc) is 2.93. The lowest BCUT2D eigenvalue weighted by Gasteiger charge is -2.22. The van der Waals surface area contributed by atoms with Crippen molar-refractivity contribution in [3.63, 3.8) is 0 Å². The summed E-state index contributed by atoms with van der Waals surface area (Å²) in [6.07, 6.45) is -4.29. The Morgan fingerprint density at radius 1 is 1.50 bits per heavy atom. The van der Waals surface area contributed by atoms with E-state index >= 15 is 0 Å². The van der Waals surface area contributed by atoms with Gasteiger partial charge in [0.1, 0.15) is 5.69 Å². The van der Waals surface area contributed by atoms with Crippen LogP contribution in [0, 0.1) is 5.92 Å². The topological polar surface area (TPSA) is 70.5 Å². The van der Waals surface area contributed by atoms with E-state index < -0.39 is 35.0 Å². The highest BCUT2D eigenvalue weighted by molar-refractivity contribution is 7.09. The van der Waals surface area contributed by atoms with Crippen LogP contribution in [-0.4, -0.2) is 39.5 Å². The first-order valence-corrected chi connectivity index (χ1v) is 6.66. The summed E-state index contributed by atoms with van der Waals surface area (Å²) in [5, 5.41) is 8.93. The number of hydrogen-bond acceptors (Lipinski definition) is 4. The molecule has 2 atom stereocenters. The number of thiazole rings is 1. The van der Waals surface area contributed by atoms with Crippen molar-refractivity contribution in [3.05, 3.63) is 16.1 Å². The van der Waals surface area contributed by atoms with Crippen LogP contribution in [0.15, 0.2) is 5.38 Å². The van der Waals surface area contributed by atoms with Crippen molar-refractivity contribution in [1.29, 1.82) is 0 Å². The summed E-state index contributed by atoms with van der Waals surface area (Å²) >= 11 is 0.352. The van der Waals surface area contributed by atoms with Crippen LogP contribution in [-0.2, 0) is 11.0 Å². The maximum absolute atomic E-state index is 12.4. The number of hydrogen-bond donors (Lipinski definition) is 1. The fourth-order valence-electron chi connectivity index (χ4n) is 2.21. The Morgan fingerprint density at radius 2 is 2.15 bits per heavy atom. The molecule has 20 heavy (non-hydrogen) atoms. The molecule has 1 fully saturated rings. The Labute approximate surface area is 116 Å². The summed E-state index contributed by atoms with van der Waals surface area (Å²) in [5.74, 6) is -2.37. The lowest BCUT2D eigenvalue weighted by atomic mass is 10.0. The van der Waals surface area contributed by atoms with Crippen molar-refractivity contribution in [2.24, 2.45) is 5.92 Å². The third-order valence-electron chi connectivity index (χ3n) is 3.30. The minimum atomic E-state index is -4.58. The maximum atomic E-state index is 12.4. The van der Waals surface area contributed by atoms with Crippen LogP contribution < -0.4 is 0 Å². The number of likely N-dealkylation sites (tertiary alicyclic amines) is 1. The smallest absolute Gasteiger partial charge is 0.443 e. The molecule has 2 heterocycles. The first kappa shape index (κ1) is 14.8. The number of nitrogens with zero attached hydrogens (tertiary/aromatic N) is 2. The number of alkyl halides is 3. The molecule has 1 amide bonds. The molecular weight excluding hydrogens is 297 g/mol. The molecule has 0 radical (unpaired) electrons. The number of carbonyl (C=O) groups excluding carboxylic acids is 1. The van der Waals surface area contributed by atoms with E-state index in [4.69, 9.17) is 5.11 Å². The zero-order chi connectivity index (χ0) is 15.1. The Morgan fingerprint density at radius 3 is 2.60 bits per heavy atom. The van der Waals surface area contributed by atoms with Crippen molar-refractivity contribution in [3.8, 4) is 0 Å². The monoisotopic (exact) mass is 308 g/mol. The zero-order valence-corrected chi connectivity index (χ0v) is 11.2. The number of aliphatic carboxylic acids is 1. The summed E-state index contributed by atoms with van der Waals surface area (Å²) in [6, 6.07) is -0.559. The number of amides is 1. The molecule has 1 aliphatic rings. The minimum Gasteiger partial charge on any atom is -0.481 e. The van der Waals surface area contributed by atoms with Crippen LogP contribution in [0.3, 0.4) is 0 Å². The fraction of sp³-hybridized carbons (Fsp3) is 0.545. The van der Waals surface area contributed by atoms with Gasteiger partial charge in [0.2, 0.25) is 0 Å². The molecule has 1 saturated heterocycles. The minimum absolute atomic E-state index is 0.204. The number of aromatic nitrogens is 1. The second-order valence-electron chi connectivity index (χ2n) is 4.51. The first-order valence-electron chi connectivity index (χ1n) is 5.78. The number of carboxylic acid groups (broad SMARTS) is 1. The van der Waals surface area contributed by atoms with Gasteiger partial charge >= 0.3 is 12.1 Å². The summed E-state index contributed by atoms with van der Waals surface area (Å²) in [5.41, 5.74) is -0.291. The predicted molar refractivity (Wildman–Crippen MR) is 63.4 cm³/mol. The van der Waals surface area contributed by atoms with E-state index in [1.54, 1.807) is 6.92 Å². The first-order chi connectivity index (χ1) is 9.21. The molecular formula is C11H11F3N2O3S. The molecule has 110 valence electrons. The standard InChI is InChI=1S/C11H11F3N2O3S/c1-5-6(9(18)19)2-3-16(5)8(17)7-4-20-10(15-7)11(12,13)14/h4-6H,2-3H2,1H3,(H,18,19). The summed E-state index contributed by atoms with van der Waals surface area (Å²) in [6.45, 7) is 1.77. The number of rotatable bonds is 2. The van der Waals surface area contributed by atoms with E-state index in [-0.39, 0.29) is 12.2 Å². The van der Waals surface area contributed by atoms with E-state index in [1.165, 1.54) is 4.90 Å². The molecule has 1 aliphatic heterocycles.